The van der Waals surface area contributed by atoms with E-state index in [1.54, 1.807) is 0 Å². The monoisotopic (exact) mass is 277 g/mol. The predicted molar refractivity (Wildman–Crippen MR) is 71.5 cm³/mol. The van der Waals surface area contributed by atoms with Gasteiger partial charge in [0.2, 0.25) is 0 Å². The standard InChI is InChI=1S/C15H16FNO3/c16-14-6-3-11(2-1-8-18)10-13(14)15(20)17(7-9-19)12-4-5-12/h3,6,10,12,18-19H,4-5,7-9H2. The minimum absolute atomic E-state index is 0.0462. The number of carbonyl (C=O) groups excluding carboxylic acids is 1. The van der Waals surface area contributed by atoms with Gasteiger partial charge in [-0.05, 0) is 31.0 Å². The van der Waals surface area contributed by atoms with Gasteiger partial charge in [0.15, 0.2) is 0 Å². The summed E-state index contributed by atoms with van der Waals surface area (Å²) in [6.07, 6.45) is 1.77. The van der Waals surface area contributed by atoms with Crippen molar-refractivity contribution in [1.82, 2.24) is 4.90 Å². The Morgan fingerprint density at radius 3 is 2.75 bits per heavy atom. The van der Waals surface area contributed by atoms with E-state index >= 15 is 0 Å². The van der Waals surface area contributed by atoms with Gasteiger partial charge < -0.3 is 15.1 Å². The Kier molecular flexibility index (Phi) is 4.72. The summed E-state index contributed by atoms with van der Waals surface area (Å²) in [5, 5.41) is 17.7. The minimum atomic E-state index is -0.604. The summed E-state index contributed by atoms with van der Waals surface area (Å²) < 4.78 is 13.8. The lowest BCUT2D eigenvalue weighted by Crippen LogP contribution is -2.36. The molecule has 0 aromatic heterocycles. The summed E-state index contributed by atoms with van der Waals surface area (Å²) in [6.45, 7) is -0.233. The molecule has 1 aromatic carbocycles. The lowest BCUT2D eigenvalue weighted by molar-refractivity contribution is 0.0703. The molecule has 1 saturated carbocycles. The Balaban J connectivity index is 2.27. The van der Waals surface area contributed by atoms with Gasteiger partial charge in [-0.2, -0.15) is 0 Å². The molecule has 20 heavy (non-hydrogen) atoms. The smallest absolute Gasteiger partial charge is 0.257 e. The second kappa shape index (κ2) is 6.51. The summed E-state index contributed by atoms with van der Waals surface area (Å²) in [5.74, 6) is 4.08. The third-order valence-electron chi connectivity index (χ3n) is 3.10. The van der Waals surface area contributed by atoms with Crippen LogP contribution in [0.2, 0.25) is 0 Å². The first kappa shape index (κ1) is 14.5. The van der Waals surface area contributed by atoms with Crippen LogP contribution in [0.25, 0.3) is 0 Å². The summed E-state index contributed by atoms with van der Waals surface area (Å²) in [4.78, 5) is 13.8. The number of amides is 1. The Bertz CT molecular complexity index is 558. The molecule has 1 aliphatic rings. The molecule has 5 heteroatoms. The van der Waals surface area contributed by atoms with E-state index in [0.29, 0.717) is 5.56 Å². The molecule has 106 valence electrons. The van der Waals surface area contributed by atoms with Gasteiger partial charge >= 0.3 is 0 Å². The first-order valence-corrected chi connectivity index (χ1v) is 6.48. The molecule has 1 amide bonds. The number of nitrogens with zero attached hydrogens (tertiary/aromatic N) is 1. The predicted octanol–water partition coefficient (Wildman–Crippen LogP) is 0.766. The maximum Gasteiger partial charge on any atom is 0.257 e. The third-order valence-corrected chi connectivity index (χ3v) is 3.10. The highest BCUT2D eigenvalue weighted by molar-refractivity contribution is 5.95. The van der Waals surface area contributed by atoms with Crippen molar-refractivity contribution >= 4 is 5.91 Å². The van der Waals surface area contributed by atoms with Gasteiger partial charge in [-0.15, -0.1) is 0 Å². The van der Waals surface area contributed by atoms with Crippen molar-refractivity contribution in [3.05, 3.63) is 35.1 Å². The maximum absolute atomic E-state index is 13.8. The van der Waals surface area contributed by atoms with Crippen LogP contribution in [-0.4, -0.2) is 46.8 Å². The van der Waals surface area contributed by atoms with Crippen molar-refractivity contribution in [2.24, 2.45) is 0 Å². The maximum atomic E-state index is 13.8. The van der Waals surface area contributed by atoms with Crippen LogP contribution in [0.4, 0.5) is 4.39 Å². The second-order valence-corrected chi connectivity index (χ2v) is 4.61. The van der Waals surface area contributed by atoms with E-state index in [1.807, 2.05) is 0 Å². The van der Waals surface area contributed by atoms with Crippen LogP contribution in [0.3, 0.4) is 0 Å². The van der Waals surface area contributed by atoms with Crippen LogP contribution in [0.5, 0.6) is 0 Å². The van der Waals surface area contributed by atoms with Crippen molar-refractivity contribution in [1.29, 1.82) is 0 Å². The van der Waals surface area contributed by atoms with Gasteiger partial charge in [-0.1, -0.05) is 11.8 Å². The number of rotatable bonds is 4. The van der Waals surface area contributed by atoms with Crippen LogP contribution >= 0.6 is 0 Å². The van der Waals surface area contributed by atoms with Crippen molar-refractivity contribution < 1.29 is 19.4 Å². The highest BCUT2D eigenvalue weighted by Gasteiger charge is 2.33. The van der Waals surface area contributed by atoms with Gasteiger partial charge in [0.1, 0.15) is 12.4 Å². The largest absolute Gasteiger partial charge is 0.395 e. The van der Waals surface area contributed by atoms with E-state index < -0.39 is 11.7 Å². The van der Waals surface area contributed by atoms with Gasteiger partial charge in [0.05, 0.1) is 12.2 Å². The van der Waals surface area contributed by atoms with Crippen LogP contribution < -0.4 is 0 Å². The fourth-order valence-electron chi connectivity index (χ4n) is 2.01. The number of carbonyl (C=O) groups is 1. The topological polar surface area (TPSA) is 60.8 Å². The van der Waals surface area contributed by atoms with Crippen molar-refractivity contribution in [3.63, 3.8) is 0 Å². The zero-order chi connectivity index (χ0) is 14.5. The molecule has 0 radical (unpaired) electrons. The van der Waals surface area contributed by atoms with Crippen LogP contribution in [0.1, 0.15) is 28.8 Å². The molecule has 1 fully saturated rings. The fourth-order valence-corrected chi connectivity index (χ4v) is 2.01. The lowest BCUT2D eigenvalue weighted by atomic mass is 10.1. The van der Waals surface area contributed by atoms with E-state index in [2.05, 4.69) is 11.8 Å². The van der Waals surface area contributed by atoms with E-state index in [9.17, 15) is 9.18 Å². The molecule has 2 N–H and O–H groups in total. The van der Waals surface area contributed by atoms with E-state index in [0.717, 1.165) is 12.8 Å². The van der Waals surface area contributed by atoms with Crippen LogP contribution in [-0.2, 0) is 0 Å². The SMILES string of the molecule is O=C(c1cc(C#CCO)ccc1F)N(CCO)C1CC1. The summed E-state index contributed by atoms with van der Waals surface area (Å²) in [6, 6.07) is 4.13. The van der Waals surface area contributed by atoms with Crippen molar-refractivity contribution in [2.75, 3.05) is 19.8 Å². The Morgan fingerprint density at radius 2 is 2.15 bits per heavy atom. The van der Waals surface area contributed by atoms with Crippen LogP contribution in [0.15, 0.2) is 18.2 Å². The molecule has 1 aliphatic carbocycles. The zero-order valence-electron chi connectivity index (χ0n) is 11.0. The third kappa shape index (κ3) is 3.35. The number of hydrogen-bond acceptors (Lipinski definition) is 3. The normalized spacial score (nSPS) is 13.6. The van der Waals surface area contributed by atoms with Crippen molar-refractivity contribution in [2.45, 2.75) is 18.9 Å². The summed E-state index contributed by atoms with van der Waals surface area (Å²) >= 11 is 0. The number of halogens is 1. The average Bonchev–Trinajstić information content (AvgIpc) is 3.27. The summed E-state index contributed by atoms with van der Waals surface area (Å²) in [5.41, 5.74) is 0.429. The highest BCUT2D eigenvalue weighted by atomic mass is 19.1. The van der Waals surface area contributed by atoms with Crippen LogP contribution in [0, 0.1) is 17.7 Å². The van der Waals surface area contributed by atoms with Crippen molar-refractivity contribution in [3.8, 4) is 11.8 Å². The molecule has 1 aromatic rings. The Morgan fingerprint density at radius 1 is 1.40 bits per heavy atom. The minimum Gasteiger partial charge on any atom is -0.395 e. The molecule has 0 bridgehead atoms. The number of aliphatic hydroxyl groups excluding tert-OH is 2. The fraction of sp³-hybridized carbons (Fsp3) is 0.400. The highest BCUT2D eigenvalue weighted by Crippen LogP contribution is 2.28. The first-order valence-electron chi connectivity index (χ1n) is 6.48. The molecule has 0 spiro atoms. The van der Waals surface area contributed by atoms with Gasteiger partial charge in [0, 0.05) is 18.2 Å². The average molecular weight is 277 g/mol. The molecule has 0 atom stereocenters. The van der Waals surface area contributed by atoms with E-state index in [-0.39, 0.29) is 31.4 Å². The van der Waals surface area contributed by atoms with Gasteiger partial charge in [-0.3, -0.25) is 4.79 Å². The molecule has 0 unspecified atom stereocenters. The quantitative estimate of drug-likeness (QED) is 0.799. The molecular weight excluding hydrogens is 261 g/mol. The number of benzene rings is 1. The molecule has 0 aliphatic heterocycles. The molecule has 2 rings (SSSR count). The first-order chi connectivity index (χ1) is 9.67. The Labute approximate surface area is 116 Å². The molecule has 0 heterocycles. The second-order valence-electron chi connectivity index (χ2n) is 4.61. The molecule has 4 nitrogen and oxygen atoms in total. The number of aliphatic hydroxyl groups is 2. The van der Waals surface area contributed by atoms with E-state index in [1.165, 1.54) is 23.1 Å². The van der Waals surface area contributed by atoms with Gasteiger partial charge in [-0.25, -0.2) is 4.39 Å². The van der Waals surface area contributed by atoms with E-state index in [4.69, 9.17) is 10.2 Å². The Hall–Kier alpha value is -1.90. The summed E-state index contributed by atoms with van der Waals surface area (Å²) in [7, 11) is 0. The zero-order valence-corrected chi connectivity index (χ0v) is 11.0. The van der Waals surface area contributed by atoms with Gasteiger partial charge in [0.25, 0.3) is 5.91 Å². The molecular formula is C15H16FNO3. The lowest BCUT2D eigenvalue weighted by Gasteiger charge is -2.21. The number of hydrogen-bond donors (Lipinski definition) is 2. The molecule has 0 saturated heterocycles.